The molecule has 4 N–H and O–H groups in total. The van der Waals surface area contributed by atoms with Gasteiger partial charge < -0.3 is 11.5 Å². The summed E-state index contributed by atoms with van der Waals surface area (Å²) in [5, 5.41) is 5.44. The summed E-state index contributed by atoms with van der Waals surface area (Å²) in [5.74, 6) is -1.03. The molecule has 1 heterocycles. The zero-order valence-electron chi connectivity index (χ0n) is 17.1. The Balaban J connectivity index is 1.75. The second-order valence-electron chi connectivity index (χ2n) is 7.45. The van der Waals surface area contributed by atoms with Crippen molar-refractivity contribution in [3.05, 3.63) is 70.5 Å². The van der Waals surface area contributed by atoms with Crippen LogP contribution in [0.5, 0.6) is 0 Å². The number of benzene rings is 2. The summed E-state index contributed by atoms with van der Waals surface area (Å²) < 4.78 is 1.79. The first-order valence-corrected chi connectivity index (χ1v) is 10.8. The Morgan fingerprint density at radius 2 is 1.81 bits per heavy atom. The molecule has 3 aromatic rings. The maximum atomic E-state index is 12.0. The first kappa shape index (κ1) is 20.7. The molecule has 8 heteroatoms. The van der Waals surface area contributed by atoms with Gasteiger partial charge in [-0.1, -0.05) is 41.7 Å². The third-order valence-corrected chi connectivity index (χ3v) is 6.32. The molecule has 0 bridgehead atoms. The predicted molar refractivity (Wildman–Crippen MR) is 121 cm³/mol. The minimum absolute atomic E-state index is 0.279. The Morgan fingerprint density at radius 3 is 2.45 bits per heavy atom. The second kappa shape index (κ2) is 8.69. The summed E-state index contributed by atoms with van der Waals surface area (Å²) >= 11 is 1.51. The van der Waals surface area contributed by atoms with E-state index in [2.05, 4.69) is 17.3 Å². The summed E-state index contributed by atoms with van der Waals surface area (Å²) in [5.41, 5.74) is 14.0. The van der Waals surface area contributed by atoms with Crippen molar-refractivity contribution in [3.8, 4) is 21.7 Å². The second-order valence-corrected chi connectivity index (χ2v) is 8.40. The van der Waals surface area contributed by atoms with Gasteiger partial charge in [0.05, 0.1) is 6.04 Å². The van der Waals surface area contributed by atoms with Crippen LogP contribution in [0.1, 0.15) is 40.0 Å². The number of carbonyl (C=O) groups excluding carboxylic acids is 2. The van der Waals surface area contributed by atoms with E-state index in [1.54, 1.807) is 35.0 Å². The van der Waals surface area contributed by atoms with Gasteiger partial charge in [-0.05, 0) is 54.7 Å². The van der Waals surface area contributed by atoms with Gasteiger partial charge in [0.2, 0.25) is 16.6 Å². The normalized spacial score (nSPS) is 16.4. The van der Waals surface area contributed by atoms with Crippen LogP contribution in [0.15, 0.2) is 59.6 Å². The number of aromatic nitrogens is 2. The van der Waals surface area contributed by atoms with E-state index in [-0.39, 0.29) is 6.04 Å². The van der Waals surface area contributed by atoms with E-state index in [1.165, 1.54) is 11.3 Å². The summed E-state index contributed by atoms with van der Waals surface area (Å²) in [6, 6.07) is 12.5. The van der Waals surface area contributed by atoms with E-state index in [9.17, 15) is 9.59 Å². The highest BCUT2D eigenvalue weighted by Crippen LogP contribution is 2.30. The predicted octanol–water partition coefficient (Wildman–Crippen LogP) is 3.02. The van der Waals surface area contributed by atoms with Crippen molar-refractivity contribution in [1.29, 1.82) is 0 Å². The highest BCUT2D eigenvalue weighted by molar-refractivity contribution is 7.12. The summed E-state index contributed by atoms with van der Waals surface area (Å²) in [6.07, 6.45) is 7.42. The molecule has 2 aromatic carbocycles. The number of nitrogens with zero attached hydrogens (tertiary/aromatic N) is 3. The number of hydrogen-bond donors (Lipinski definition) is 2. The van der Waals surface area contributed by atoms with Crippen LogP contribution in [0, 0.1) is 0 Å². The fraction of sp³-hybridized carbons (Fsp3) is 0.217. The van der Waals surface area contributed by atoms with E-state index in [0.29, 0.717) is 16.7 Å². The Kier molecular flexibility index (Phi) is 5.81. The number of primary amides is 2. The standard InChI is InChI=1S/C23H23N5O2S/c1-28-23(26-17-5-3-2-4-6-17)31-22(27-28)16-11-12-18(21(25)30)19(13-16)14-7-9-15(10-8-14)20(24)29/h2-3,7-13,17H,4-6H2,1H3,(H2,24,29)(H2,25,30). The number of nitrogens with two attached hydrogens (primary N) is 2. The third kappa shape index (κ3) is 4.49. The molecule has 1 aromatic heterocycles. The zero-order valence-corrected chi connectivity index (χ0v) is 17.9. The lowest BCUT2D eigenvalue weighted by Crippen LogP contribution is -2.17. The molecule has 0 saturated carbocycles. The number of carbonyl (C=O) groups is 2. The molecule has 0 fully saturated rings. The molecule has 1 aliphatic carbocycles. The topological polar surface area (TPSA) is 116 Å². The molecular weight excluding hydrogens is 410 g/mol. The Hall–Kier alpha value is -3.52. The minimum atomic E-state index is -0.522. The van der Waals surface area contributed by atoms with Gasteiger partial charge in [-0.2, -0.15) is 5.10 Å². The van der Waals surface area contributed by atoms with Crippen LogP contribution in [0.3, 0.4) is 0 Å². The quantitative estimate of drug-likeness (QED) is 0.602. The van der Waals surface area contributed by atoms with Crippen LogP contribution in [0.2, 0.25) is 0 Å². The van der Waals surface area contributed by atoms with Crippen molar-refractivity contribution in [3.63, 3.8) is 0 Å². The van der Waals surface area contributed by atoms with Crippen molar-refractivity contribution in [1.82, 2.24) is 9.78 Å². The molecule has 1 atom stereocenters. The van der Waals surface area contributed by atoms with Gasteiger partial charge in [0, 0.05) is 23.7 Å². The van der Waals surface area contributed by atoms with Crippen molar-refractivity contribution in [2.24, 2.45) is 23.5 Å². The highest BCUT2D eigenvalue weighted by Gasteiger charge is 2.15. The highest BCUT2D eigenvalue weighted by atomic mass is 32.1. The molecule has 4 rings (SSSR count). The van der Waals surface area contributed by atoms with E-state index in [4.69, 9.17) is 16.5 Å². The molecule has 31 heavy (non-hydrogen) atoms. The lowest BCUT2D eigenvalue weighted by molar-refractivity contribution is 0.0992. The van der Waals surface area contributed by atoms with E-state index in [0.717, 1.165) is 40.2 Å². The van der Waals surface area contributed by atoms with Gasteiger partial charge in [0.25, 0.3) is 0 Å². The van der Waals surface area contributed by atoms with Crippen LogP contribution < -0.4 is 16.3 Å². The Bertz CT molecular complexity index is 1240. The van der Waals surface area contributed by atoms with E-state index < -0.39 is 11.8 Å². The Labute approximate surface area is 183 Å². The van der Waals surface area contributed by atoms with Gasteiger partial charge in [-0.15, -0.1) is 0 Å². The summed E-state index contributed by atoms with van der Waals surface area (Å²) in [4.78, 5) is 29.1. The lowest BCUT2D eigenvalue weighted by Gasteiger charge is -2.11. The van der Waals surface area contributed by atoms with E-state index in [1.807, 2.05) is 19.2 Å². The molecule has 0 saturated heterocycles. The molecule has 0 spiro atoms. The van der Waals surface area contributed by atoms with Crippen LogP contribution in [-0.4, -0.2) is 27.6 Å². The number of aryl methyl sites for hydroxylation is 1. The molecule has 0 aliphatic heterocycles. The maximum absolute atomic E-state index is 12.0. The SMILES string of the molecule is Cn1nc(-c2ccc(C(N)=O)c(-c3ccc(C(N)=O)cc3)c2)sc1=NC1CC=CCC1. The summed E-state index contributed by atoms with van der Waals surface area (Å²) in [7, 11) is 1.89. The van der Waals surface area contributed by atoms with Crippen molar-refractivity contribution in [2.45, 2.75) is 25.3 Å². The number of allylic oxidation sites excluding steroid dienone is 1. The molecular formula is C23H23N5O2S. The van der Waals surface area contributed by atoms with Crippen LogP contribution >= 0.6 is 11.3 Å². The molecule has 1 unspecified atom stereocenters. The fourth-order valence-electron chi connectivity index (χ4n) is 3.57. The maximum Gasteiger partial charge on any atom is 0.249 e. The molecule has 1 aliphatic rings. The van der Waals surface area contributed by atoms with Crippen LogP contribution in [0.4, 0.5) is 0 Å². The van der Waals surface area contributed by atoms with Gasteiger partial charge in [0.15, 0.2) is 0 Å². The lowest BCUT2D eigenvalue weighted by atomic mass is 9.96. The first-order valence-electron chi connectivity index (χ1n) is 10.00. The minimum Gasteiger partial charge on any atom is -0.366 e. The molecule has 7 nitrogen and oxygen atoms in total. The number of rotatable bonds is 5. The van der Waals surface area contributed by atoms with E-state index >= 15 is 0 Å². The van der Waals surface area contributed by atoms with Gasteiger partial charge in [-0.3, -0.25) is 14.6 Å². The Morgan fingerprint density at radius 1 is 1.06 bits per heavy atom. The average molecular weight is 434 g/mol. The van der Waals surface area contributed by atoms with Gasteiger partial charge in [-0.25, -0.2) is 4.68 Å². The zero-order chi connectivity index (χ0) is 22.0. The third-order valence-electron chi connectivity index (χ3n) is 5.25. The summed E-state index contributed by atoms with van der Waals surface area (Å²) in [6.45, 7) is 0. The smallest absolute Gasteiger partial charge is 0.249 e. The number of amides is 2. The number of hydrogen-bond acceptors (Lipinski definition) is 5. The van der Waals surface area contributed by atoms with Crippen molar-refractivity contribution < 1.29 is 9.59 Å². The molecule has 0 radical (unpaired) electrons. The van der Waals surface area contributed by atoms with Gasteiger partial charge in [0.1, 0.15) is 5.01 Å². The van der Waals surface area contributed by atoms with Crippen molar-refractivity contribution in [2.75, 3.05) is 0 Å². The fourth-order valence-corrected chi connectivity index (χ4v) is 4.53. The average Bonchev–Trinajstić information content (AvgIpc) is 3.14. The van der Waals surface area contributed by atoms with Crippen LogP contribution in [-0.2, 0) is 7.05 Å². The largest absolute Gasteiger partial charge is 0.366 e. The van der Waals surface area contributed by atoms with Gasteiger partial charge >= 0.3 is 0 Å². The van der Waals surface area contributed by atoms with Crippen LogP contribution in [0.25, 0.3) is 21.7 Å². The molecule has 2 amide bonds. The first-order chi connectivity index (χ1) is 14.9. The monoisotopic (exact) mass is 433 g/mol. The van der Waals surface area contributed by atoms with Crippen molar-refractivity contribution >= 4 is 23.2 Å². The molecule has 158 valence electrons.